The van der Waals surface area contributed by atoms with Gasteiger partial charge in [0.15, 0.2) is 0 Å². The minimum absolute atomic E-state index is 0.00921. The number of rotatable bonds is 3. The summed E-state index contributed by atoms with van der Waals surface area (Å²) < 4.78 is 35.1. The summed E-state index contributed by atoms with van der Waals surface area (Å²) in [7, 11) is 1.78. The summed E-state index contributed by atoms with van der Waals surface area (Å²) in [5.41, 5.74) is 2.35. The molecule has 1 aromatic heterocycles. The number of carboxylic acids is 1. The molecule has 0 aliphatic carbocycles. The van der Waals surface area contributed by atoms with E-state index in [1.165, 1.54) is 0 Å². The van der Waals surface area contributed by atoms with E-state index < -0.39 is 12.1 Å². The number of amides is 1. The molecule has 1 amide bonds. The van der Waals surface area contributed by atoms with E-state index in [-0.39, 0.29) is 17.6 Å². The maximum absolute atomic E-state index is 12.6. The Labute approximate surface area is 164 Å². The fraction of sp³-hybridized carbons (Fsp3) is 0.500. The van der Waals surface area contributed by atoms with Crippen LogP contribution in [0.4, 0.5) is 13.2 Å². The summed E-state index contributed by atoms with van der Waals surface area (Å²) in [5.74, 6) is -3.11. The molecule has 1 aromatic carbocycles. The predicted octanol–water partition coefficient (Wildman–Crippen LogP) is -0.713. The minimum Gasteiger partial charge on any atom is -0.542 e. The van der Waals surface area contributed by atoms with Crippen LogP contribution in [0.5, 0.6) is 0 Å². The Kier molecular flexibility index (Phi) is 7.07. The first-order chi connectivity index (χ1) is 13.6. The summed E-state index contributed by atoms with van der Waals surface area (Å²) in [6.45, 7) is 4.60. The molecule has 3 rings (SSSR count). The van der Waals surface area contributed by atoms with Crippen LogP contribution in [0.2, 0.25) is 0 Å². The van der Waals surface area contributed by atoms with Gasteiger partial charge in [0.1, 0.15) is 5.97 Å². The molecule has 0 atom stereocenters. The van der Waals surface area contributed by atoms with Crippen molar-refractivity contribution in [2.45, 2.75) is 32.0 Å². The highest BCUT2D eigenvalue weighted by Gasteiger charge is 2.28. The van der Waals surface area contributed by atoms with Gasteiger partial charge >= 0.3 is 11.9 Å². The highest BCUT2D eigenvalue weighted by molar-refractivity contribution is 5.97. The highest BCUT2D eigenvalue weighted by Crippen LogP contribution is 2.22. The Hall–Kier alpha value is -2.82. The number of nitrogens with one attached hydrogen (secondary N) is 1. The number of benzene rings is 1. The van der Waals surface area contributed by atoms with Gasteiger partial charge in [0, 0.05) is 38.0 Å². The second-order valence-electron chi connectivity index (χ2n) is 6.66. The van der Waals surface area contributed by atoms with Gasteiger partial charge in [-0.3, -0.25) is 13.9 Å². The first kappa shape index (κ1) is 22.5. The van der Waals surface area contributed by atoms with Crippen LogP contribution >= 0.6 is 0 Å². The maximum Gasteiger partial charge on any atom is 0.430 e. The number of nitrogens with two attached hydrogens (primary N) is 1. The molecule has 0 saturated carbocycles. The number of carbonyl (C=O) groups is 2. The lowest BCUT2D eigenvalue weighted by Gasteiger charge is -2.21. The van der Waals surface area contributed by atoms with E-state index in [0.29, 0.717) is 12.1 Å². The summed E-state index contributed by atoms with van der Waals surface area (Å²) in [6.07, 6.45) is -3.17. The minimum atomic E-state index is -5.19. The summed E-state index contributed by atoms with van der Waals surface area (Å²) in [6, 6.07) is 5.78. The smallest absolute Gasteiger partial charge is 0.430 e. The second kappa shape index (κ2) is 9.12. The Bertz CT molecular complexity index is 943. The Morgan fingerprint density at radius 1 is 1.24 bits per heavy atom. The lowest BCUT2D eigenvalue weighted by Crippen LogP contribution is -2.86. The summed E-state index contributed by atoms with van der Waals surface area (Å²) >= 11 is 0. The molecular formula is C18H23F3N4O4. The predicted molar refractivity (Wildman–Crippen MR) is 96.2 cm³/mol. The number of aromatic nitrogens is 2. The zero-order valence-electron chi connectivity index (χ0n) is 16.1. The normalized spacial score (nSPS) is 14.9. The molecule has 0 bridgehead atoms. The van der Waals surface area contributed by atoms with E-state index >= 15 is 0 Å². The molecule has 1 aliphatic heterocycles. The van der Waals surface area contributed by atoms with Crippen LogP contribution in [0.25, 0.3) is 11.0 Å². The largest absolute Gasteiger partial charge is 0.542 e. The summed E-state index contributed by atoms with van der Waals surface area (Å²) in [5, 5.41) is 13.9. The van der Waals surface area contributed by atoms with Gasteiger partial charge in [-0.05, 0) is 25.1 Å². The van der Waals surface area contributed by atoms with Crippen molar-refractivity contribution in [2.24, 2.45) is 7.05 Å². The van der Waals surface area contributed by atoms with Crippen molar-refractivity contribution in [1.29, 1.82) is 0 Å². The van der Waals surface area contributed by atoms with Gasteiger partial charge in [-0.1, -0.05) is 0 Å². The molecule has 1 aliphatic rings. The number of aryl methyl sites for hydroxylation is 1. The SMILES string of the molecule is CCNC(=O)c1ccc2c(c1)n(C)c(=O)n2C1CC[NH2+]CC1.O=C([O-])C(F)(F)F. The number of carboxylic acid groups (broad SMARTS) is 1. The van der Waals surface area contributed by atoms with E-state index in [0.717, 1.165) is 37.0 Å². The Morgan fingerprint density at radius 2 is 1.83 bits per heavy atom. The molecule has 11 heteroatoms. The number of imidazole rings is 1. The summed E-state index contributed by atoms with van der Waals surface area (Å²) in [4.78, 5) is 33.4. The van der Waals surface area contributed by atoms with E-state index in [1.807, 2.05) is 23.6 Å². The number of carbonyl (C=O) groups excluding carboxylic acids is 2. The molecular weight excluding hydrogens is 393 g/mol. The van der Waals surface area contributed by atoms with E-state index in [2.05, 4.69) is 10.6 Å². The number of nitrogens with zero attached hydrogens (tertiary/aromatic N) is 2. The number of hydrogen-bond acceptors (Lipinski definition) is 4. The van der Waals surface area contributed by atoms with Crippen molar-refractivity contribution in [3.8, 4) is 0 Å². The quantitative estimate of drug-likeness (QED) is 0.688. The number of quaternary nitrogens is 1. The van der Waals surface area contributed by atoms with Crippen LogP contribution in [0.1, 0.15) is 36.2 Å². The lowest BCUT2D eigenvalue weighted by molar-refractivity contribution is -0.664. The lowest BCUT2D eigenvalue weighted by atomic mass is 10.1. The molecule has 0 unspecified atom stereocenters. The third-order valence-corrected chi connectivity index (χ3v) is 4.69. The zero-order chi connectivity index (χ0) is 21.8. The molecule has 160 valence electrons. The maximum atomic E-state index is 12.6. The third kappa shape index (κ3) is 5.17. The van der Waals surface area contributed by atoms with Crippen LogP contribution < -0.4 is 21.4 Å². The Balaban J connectivity index is 0.000000370. The van der Waals surface area contributed by atoms with Gasteiger partial charge in [-0.15, -0.1) is 0 Å². The molecule has 29 heavy (non-hydrogen) atoms. The molecule has 8 nitrogen and oxygen atoms in total. The number of halogens is 3. The van der Waals surface area contributed by atoms with Crippen molar-refractivity contribution in [3.63, 3.8) is 0 Å². The van der Waals surface area contributed by atoms with Crippen molar-refractivity contribution in [2.75, 3.05) is 19.6 Å². The van der Waals surface area contributed by atoms with Gasteiger partial charge in [-0.2, -0.15) is 13.2 Å². The number of piperidine rings is 1. The number of alkyl halides is 3. The molecule has 3 N–H and O–H groups in total. The standard InChI is InChI=1S/C16H22N4O2.C2HF3O2/c1-3-18-15(21)11-4-5-13-14(10-11)19(2)16(22)20(13)12-6-8-17-9-7-12;3-2(4,5)1(6)7/h4-5,10,12,17H,3,6-9H2,1-2H3,(H,18,21);(H,6,7). The van der Waals surface area contributed by atoms with Crippen LogP contribution in [0.15, 0.2) is 23.0 Å². The number of hydrogen-bond donors (Lipinski definition) is 2. The van der Waals surface area contributed by atoms with Crippen molar-refractivity contribution < 1.29 is 33.2 Å². The van der Waals surface area contributed by atoms with Gasteiger partial charge in [0.2, 0.25) is 0 Å². The topological polar surface area (TPSA) is 113 Å². The monoisotopic (exact) mass is 416 g/mol. The van der Waals surface area contributed by atoms with Gasteiger partial charge in [0.05, 0.1) is 24.1 Å². The van der Waals surface area contributed by atoms with E-state index in [9.17, 15) is 22.8 Å². The van der Waals surface area contributed by atoms with Gasteiger partial charge in [-0.25, -0.2) is 4.79 Å². The van der Waals surface area contributed by atoms with Crippen LogP contribution in [-0.4, -0.2) is 46.8 Å². The molecule has 2 heterocycles. The van der Waals surface area contributed by atoms with Crippen molar-refractivity contribution >= 4 is 22.9 Å². The Morgan fingerprint density at radius 3 is 2.34 bits per heavy atom. The molecule has 0 radical (unpaired) electrons. The average molecular weight is 416 g/mol. The van der Waals surface area contributed by atoms with E-state index in [4.69, 9.17) is 9.90 Å². The molecule has 0 spiro atoms. The van der Waals surface area contributed by atoms with Crippen LogP contribution in [-0.2, 0) is 11.8 Å². The fourth-order valence-electron chi connectivity index (χ4n) is 3.29. The first-order valence-corrected chi connectivity index (χ1v) is 9.16. The number of fused-ring (bicyclic) bond motifs is 1. The highest BCUT2D eigenvalue weighted by atomic mass is 19.4. The van der Waals surface area contributed by atoms with Gasteiger partial charge in [0.25, 0.3) is 5.91 Å². The molecule has 1 saturated heterocycles. The van der Waals surface area contributed by atoms with Crippen LogP contribution in [0, 0.1) is 0 Å². The molecule has 2 aromatic rings. The number of aliphatic carboxylic acids is 1. The van der Waals surface area contributed by atoms with Gasteiger partial charge < -0.3 is 20.5 Å². The average Bonchev–Trinajstić information content (AvgIpc) is 2.92. The third-order valence-electron chi connectivity index (χ3n) is 4.69. The van der Waals surface area contributed by atoms with E-state index in [1.54, 1.807) is 17.7 Å². The van der Waals surface area contributed by atoms with Crippen LogP contribution in [0.3, 0.4) is 0 Å². The first-order valence-electron chi connectivity index (χ1n) is 9.16. The van der Waals surface area contributed by atoms with Crippen molar-refractivity contribution in [1.82, 2.24) is 14.5 Å². The fourth-order valence-corrected chi connectivity index (χ4v) is 3.29. The molecule has 1 fully saturated rings. The van der Waals surface area contributed by atoms with Crippen molar-refractivity contribution in [3.05, 3.63) is 34.2 Å². The zero-order valence-corrected chi connectivity index (χ0v) is 16.1. The second-order valence-corrected chi connectivity index (χ2v) is 6.66.